The van der Waals surface area contributed by atoms with Gasteiger partial charge in [0.2, 0.25) is 0 Å². The fourth-order valence-electron chi connectivity index (χ4n) is 0.925. The van der Waals surface area contributed by atoms with Crippen LogP contribution < -0.4 is 5.32 Å². The molecule has 0 aliphatic carbocycles. The predicted molar refractivity (Wildman–Crippen MR) is 50.3 cm³/mol. The fraction of sp³-hybridized carbons (Fsp3) is 1.00. The van der Waals surface area contributed by atoms with Crippen LogP contribution in [-0.2, 0) is 4.74 Å². The van der Waals surface area contributed by atoms with Crippen molar-refractivity contribution in [2.24, 2.45) is 0 Å². The van der Waals surface area contributed by atoms with Gasteiger partial charge in [0, 0.05) is 19.7 Å². The van der Waals surface area contributed by atoms with E-state index in [1.807, 2.05) is 13.8 Å². The molecular formula is C9H21NO2. The Balaban J connectivity index is 3.31. The van der Waals surface area contributed by atoms with Gasteiger partial charge in [-0.3, -0.25) is 0 Å². The molecule has 0 saturated carbocycles. The summed E-state index contributed by atoms with van der Waals surface area (Å²) in [6.07, 6.45) is 0.220. The van der Waals surface area contributed by atoms with Crippen molar-refractivity contribution in [1.29, 1.82) is 0 Å². The predicted octanol–water partition coefficient (Wildman–Crippen LogP) is 0.772. The topological polar surface area (TPSA) is 41.5 Å². The molecule has 0 heterocycles. The highest BCUT2D eigenvalue weighted by molar-refractivity contribution is 4.69. The number of rotatable bonds is 6. The lowest BCUT2D eigenvalue weighted by Crippen LogP contribution is -2.38. The van der Waals surface area contributed by atoms with Crippen LogP contribution in [0, 0.1) is 0 Å². The second kappa shape index (κ2) is 5.51. The van der Waals surface area contributed by atoms with E-state index < -0.39 is 5.60 Å². The van der Waals surface area contributed by atoms with Crippen LogP contribution in [0.25, 0.3) is 0 Å². The van der Waals surface area contributed by atoms with Crippen molar-refractivity contribution in [3.05, 3.63) is 0 Å². The zero-order valence-corrected chi connectivity index (χ0v) is 8.55. The molecule has 2 N–H and O–H groups in total. The smallest absolute Gasteiger partial charge is 0.0715 e. The van der Waals surface area contributed by atoms with Crippen LogP contribution in [0.2, 0.25) is 0 Å². The first-order chi connectivity index (χ1) is 5.45. The van der Waals surface area contributed by atoms with Crippen LogP contribution in [0.4, 0.5) is 0 Å². The van der Waals surface area contributed by atoms with E-state index in [4.69, 9.17) is 4.74 Å². The van der Waals surface area contributed by atoms with E-state index in [0.29, 0.717) is 6.54 Å². The summed E-state index contributed by atoms with van der Waals surface area (Å²) in [5, 5.41) is 12.5. The Morgan fingerprint density at radius 1 is 1.50 bits per heavy atom. The summed E-state index contributed by atoms with van der Waals surface area (Å²) < 4.78 is 5.31. The molecule has 0 aliphatic rings. The first-order valence-electron chi connectivity index (χ1n) is 4.50. The number of aliphatic hydroxyl groups is 1. The van der Waals surface area contributed by atoms with Gasteiger partial charge in [-0.1, -0.05) is 0 Å². The lowest BCUT2D eigenvalue weighted by atomic mass is 10.1. The largest absolute Gasteiger partial charge is 0.389 e. The van der Waals surface area contributed by atoms with E-state index >= 15 is 0 Å². The average Bonchev–Trinajstić information content (AvgIpc) is 1.84. The molecule has 3 nitrogen and oxygen atoms in total. The van der Waals surface area contributed by atoms with Crippen molar-refractivity contribution < 1.29 is 9.84 Å². The zero-order valence-electron chi connectivity index (χ0n) is 8.55. The van der Waals surface area contributed by atoms with Crippen LogP contribution in [0.3, 0.4) is 0 Å². The van der Waals surface area contributed by atoms with E-state index in [0.717, 1.165) is 13.2 Å². The van der Waals surface area contributed by atoms with E-state index in [1.165, 1.54) is 0 Å². The SMILES string of the molecule is CCOC(C)CNCC(C)(C)O. The second-order valence-electron chi connectivity index (χ2n) is 3.71. The van der Waals surface area contributed by atoms with Crippen molar-refractivity contribution in [3.63, 3.8) is 0 Å². The van der Waals surface area contributed by atoms with E-state index in [2.05, 4.69) is 5.32 Å². The Morgan fingerprint density at radius 2 is 2.08 bits per heavy atom. The summed E-state index contributed by atoms with van der Waals surface area (Å²) in [4.78, 5) is 0. The lowest BCUT2D eigenvalue weighted by molar-refractivity contribution is 0.0562. The number of ether oxygens (including phenoxy) is 1. The average molecular weight is 175 g/mol. The molecule has 0 spiro atoms. The van der Waals surface area contributed by atoms with Crippen molar-refractivity contribution >= 4 is 0 Å². The maximum absolute atomic E-state index is 9.36. The third-order valence-corrected chi connectivity index (χ3v) is 1.44. The normalized spacial score (nSPS) is 14.8. The van der Waals surface area contributed by atoms with Crippen LogP contribution in [0.1, 0.15) is 27.7 Å². The molecule has 1 unspecified atom stereocenters. The molecule has 1 atom stereocenters. The first-order valence-corrected chi connectivity index (χ1v) is 4.50. The summed E-state index contributed by atoms with van der Waals surface area (Å²) >= 11 is 0. The van der Waals surface area contributed by atoms with Crippen LogP contribution >= 0.6 is 0 Å². The van der Waals surface area contributed by atoms with E-state index in [1.54, 1.807) is 13.8 Å². The van der Waals surface area contributed by atoms with Gasteiger partial charge in [0.15, 0.2) is 0 Å². The molecule has 0 fully saturated rings. The highest BCUT2D eigenvalue weighted by atomic mass is 16.5. The Hall–Kier alpha value is -0.120. The minimum absolute atomic E-state index is 0.220. The molecule has 0 bridgehead atoms. The summed E-state index contributed by atoms with van der Waals surface area (Å²) in [7, 11) is 0. The molecule has 0 radical (unpaired) electrons. The standard InChI is InChI=1S/C9H21NO2/c1-5-12-8(2)6-10-7-9(3,4)11/h8,10-11H,5-7H2,1-4H3. The number of hydrogen-bond donors (Lipinski definition) is 2. The summed E-state index contributed by atoms with van der Waals surface area (Å²) in [6.45, 7) is 9.69. The van der Waals surface area contributed by atoms with Gasteiger partial charge in [-0.2, -0.15) is 0 Å². The molecule has 0 rings (SSSR count). The molecule has 12 heavy (non-hydrogen) atoms. The minimum Gasteiger partial charge on any atom is -0.389 e. The van der Waals surface area contributed by atoms with Gasteiger partial charge >= 0.3 is 0 Å². The number of hydrogen-bond acceptors (Lipinski definition) is 3. The molecule has 0 aromatic rings. The van der Waals surface area contributed by atoms with Gasteiger partial charge in [-0.25, -0.2) is 0 Å². The molecule has 3 heteroatoms. The highest BCUT2D eigenvalue weighted by Gasteiger charge is 2.11. The first kappa shape index (κ1) is 11.9. The van der Waals surface area contributed by atoms with E-state index in [9.17, 15) is 5.11 Å². The Labute approximate surface area is 75.1 Å². The molecule has 0 aromatic heterocycles. The van der Waals surface area contributed by atoms with E-state index in [-0.39, 0.29) is 6.10 Å². The van der Waals surface area contributed by atoms with Crippen LogP contribution in [-0.4, -0.2) is 36.5 Å². The van der Waals surface area contributed by atoms with Crippen LogP contribution in [0.15, 0.2) is 0 Å². The van der Waals surface area contributed by atoms with Gasteiger partial charge < -0.3 is 15.2 Å². The maximum atomic E-state index is 9.36. The molecular weight excluding hydrogens is 154 g/mol. The third-order valence-electron chi connectivity index (χ3n) is 1.44. The van der Waals surface area contributed by atoms with Crippen molar-refractivity contribution in [2.45, 2.75) is 39.4 Å². The Morgan fingerprint density at radius 3 is 2.50 bits per heavy atom. The monoisotopic (exact) mass is 175 g/mol. The van der Waals surface area contributed by atoms with Crippen molar-refractivity contribution in [1.82, 2.24) is 5.32 Å². The molecule has 0 amide bonds. The van der Waals surface area contributed by atoms with Gasteiger partial charge in [-0.15, -0.1) is 0 Å². The number of nitrogens with one attached hydrogen (secondary N) is 1. The van der Waals surface area contributed by atoms with Crippen LogP contribution in [0.5, 0.6) is 0 Å². The highest BCUT2D eigenvalue weighted by Crippen LogP contribution is 1.97. The molecule has 74 valence electrons. The van der Waals surface area contributed by atoms with Gasteiger partial charge in [0.05, 0.1) is 11.7 Å². The van der Waals surface area contributed by atoms with Gasteiger partial charge in [0.25, 0.3) is 0 Å². The van der Waals surface area contributed by atoms with Crippen molar-refractivity contribution in [2.75, 3.05) is 19.7 Å². The quantitative estimate of drug-likeness (QED) is 0.626. The fourth-order valence-corrected chi connectivity index (χ4v) is 0.925. The third kappa shape index (κ3) is 7.98. The molecule has 0 aliphatic heterocycles. The summed E-state index contributed by atoms with van der Waals surface area (Å²) in [5.41, 5.74) is -0.633. The van der Waals surface area contributed by atoms with Gasteiger partial charge in [-0.05, 0) is 27.7 Å². The summed E-state index contributed by atoms with van der Waals surface area (Å²) in [5.74, 6) is 0. The Bertz CT molecular complexity index is 110. The lowest BCUT2D eigenvalue weighted by Gasteiger charge is -2.19. The van der Waals surface area contributed by atoms with Crippen molar-refractivity contribution in [3.8, 4) is 0 Å². The second-order valence-corrected chi connectivity index (χ2v) is 3.71. The molecule has 0 aromatic carbocycles. The molecule has 0 saturated heterocycles. The minimum atomic E-state index is -0.633. The Kier molecular flexibility index (Phi) is 5.46. The maximum Gasteiger partial charge on any atom is 0.0715 e. The summed E-state index contributed by atoms with van der Waals surface area (Å²) in [6, 6.07) is 0. The van der Waals surface area contributed by atoms with Gasteiger partial charge in [0.1, 0.15) is 0 Å². The zero-order chi connectivity index (χ0) is 9.61.